The highest BCUT2D eigenvalue weighted by Crippen LogP contribution is 2.25. The van der Waals surface area contributed by atoms with E-state index in [9.17, 15) is 4.79 Å². The van der Waals surface area contributed by atoms with Gasteiger partial charge in [-0.2, -0.15) is 0 Å². The highest BCUT2D eigenvalue weighted by molar-refractivity contribution is 6.33. The van der Waals surface area contributed by atoms with Crippen LogP contribution in [0.25, 0.3) is 5.69 Å². The maximum Gasteiger partial charge on any atom is 0.193 e. The summed E-state index contributed by atoms with van der Waals surface area (Å²) in [6.07, 6.45) is 5.18. The molecule has 0 aliphatic rings. The van der Waals surface area contributed by atoms with Gasteiger partial charge in [0.25, 0.3) is 0 Å². The lowest BCUT2D eigenvalue weighted by Gasteiger charge is -2.12. The second-order valence-corrected chi connectivity index (χ2v) is 6.15. The summed E-state index contributed by atoms with van der Waals surface area (Å²) in [5.74, 6) is -0.000851. The number of carbonyl (C=O) groups is 1. The quantitative estimate of drug-likeness (QED) is 0.655. The van der Waals surface area contributed by atoms with E-state index in [-0.39, 0.29) is 5.78 Å². The third-order valence-corrected chi connectivity index (χ3v) is 4.20. The van der Waals surface area contributed by atoms with Gasteiger partial charge in [-0.1, -0.05) is 29.3 Å². The molecule has 0 saturated heterocycles. The Labute approximate surface area is 140 Å². The summed E-state index contributed by atoms with van der Waals surface area (Å²) < 4.78 is 1.82. The molecular weight excluding hydrogens is 308 g/mol. The highest BCUT2D eigenvalue weighted by Gasteiger charge is 2.16. The van der Waals surface area contributed by atoms with Gasteiger partial charge in [-0.3, -0.25) is 4.79 Å². The fourth-order valence-corrected chi connectivity index (χ4v) is 3.22. The van der Waals surface area contributed by atoms with Crippen LogP contribution in [0.15, 0.2) is 49.1 Å². The minimum absolute atomic E-state index is 0.000851. The number of aromatic nitrogens is 2. The molecule has 1 heterocycles. The summed E-state index contributed by atoms with van der Waals surface area (Å²) >= 11 is 6.36. The van der Waals surface area contributed by atoms with Crippen molar-refractivity contribution >= 4 is 17.4 Å². The number of aryl methyl sites for hydroxylation is 3. The number of halogens is 1. The Kier molecular flexibility index (Phi) is 4.05. The molecule has 0 radical (unpaired) electrons. The lowest BCUT2D eigenvalue weighted by Crippen LogP contribution is -2.07. The zero-order valence-corrected chi connectivity index (χ0v) is 14.1. The molecule has 3 aromatic rings. The second kappa shape index (κ2) is 6.01. The lowest BCUT2D eigenvalue weighted by atomic mass is 9.93. The van der Waals surface area contributed by atoms with Gasteiger partial charge in [0, 0.05) is 23.5 Å². The standard InChI is InChI=1S/C19H17ClN2O/c1-12-8-13(2)18(14(3)9-12)19(23)15-4-5-17(16(20)10-15)22-7-6-21-11-22/h4-11H,1-3H3. The van der Waals surface area contributed by atoms with E-state index in [4.69, 9.17) is 11.6 Å². The van der Waals surface area contributed by atoms with Crippen LogP contribution in [-0.2, 0) is 0 Å². The Hall–Kier alpha value is -2.39. The molecule has 0 aliphatic carbocycles. The Bertz CT molecular complexity index is 859. The van der Waals surface area contributed by atoms with Gasteiger partial charge in [0.1, 0.15) is 0 Å². The number of imidazole rings is 1. The predicted octanol–water partition coefficient (Wildman–Crippen LogP) is 4.68. The SMILES string of the molecule is Cc1cc(C)c(C(=O)c2ccc(-n3ccnc3)c(Cl)c2)c(C)c1. The third kappa shape index (κ3) is 2.92. The summed E-state index contributed by atoms with van der Waals surface area (Å²) in [7, 11) is 0. The largest absolute Gasteiger partial charge is 0.305 e. The molecule has 0 aliphatic heterocycles. The van der Waals surface area contributed by atoms with Crippen LogP contribution in [0.3, 0.4) is 0 Å². The Morgan fingerprint density at radius 2 is 1.78 bits per heavy atom. The maximum absolute atomic E-state index is 12.9. The minimum atomic E-state index is -0.000851. The third-order valence-electron chi connectivity index (χ3n) is 3.90. The molecule has 2 aromatic carbocycles. The first-order valence-corrected chi connectivity index (χ1v) is 7.75. The maximum atomic E-state index is 12.9. The van der Waals surface area contributed by atoms with Crippen molar-refractivity contribution in [3.63, 3.8) is 0 Å². The monoisotopic (exact) mass is 324 g/mol. The average molecular weight is 325 g/mol. The highest BCUT2D eigenvalue weighted by atomic mass is 35.5. The van der Waals surface area contributed by atoms with Crippen LogP contribution in [0.5, 0.6) is 0 Å². The van der Waals surface area contributed by atoms with Crippen LogP contribution >= 0.6 is 11.6 Å². The van der Waals surface area contributed by atoms with Crippen molar-refractivity contribution < 1.29 is 4.79 Å². The fourth-order valence-electron chi connectivity index (χ4n) is 2.94. The van der Waals surface area contributed by atoms with E-state index in [0.29, 0.717) is 10.6 Å². The average Bonchev–Trinajstić information content (AvgIpc) is 2.99. The number of carbonyl (C=O) groups excluding carboxylic acids is 1. The Balaban J connectivity index is 2.03. The second-order valence-electron chi connectivity index (χ2n) is 5.74. The number of benzene rings is 2. The molecule has 0 unspecified atom stereocenters. The van der Waals surface area contributed by atoms with Gasteiger partial charge in [-0.25, -0.2) is 4.98 Å². The number of rotatable bonds is 3. The van der Waals surface area contributed by atoms with Crippen molar-refractivity contribution in [2.45, 2.75) is 20.8 Å². The normalized spacial score (nSPS) is 10.8. The van der Waals surface area contributed by atoms with Crippen LogP contribution in [-0.4, -0.2) is 15.3 Å². The Morgan fingerprint density at radius 3 is 2.35 bits per heavy atom. The van der Waals surface area contributed by atoms with Crippen LogP contribution < -0.4 is 0 Å². The number of hydrogen-bond donors (Lipinski definition) is 0. The molecule has 0 N–H and O–H groups in total. The van der Waals surface area contributed by atoms with E-state index in [0.717, 1.165) is 27.9 Å². The lowest BCUT2D eigenvalue weighted by molar-refractivity contribution is 0.103. The molecule has 0 spiro atoms. The zero-order chi connectivity index (χ0) is 16.6. The summed E-state index contributed by atoms with van der Waals surface area (Å²) in [6, 6.07) is 9.43. The van der Waals surface area contributed by atoms with Crippen molar-refractivity contribution in [2.75, 3.05) is 0 Å². The zero-order valence-electron chi connectivity index (χ0n) is 13.3. The molecule has 0 bridgehead atoms. The van der Waals surface area contributed by atoms with Crippen LogP contribution in [0.1, 0.15) is 32.6 Å². The van der Waals surface area contributed by atoms with Crippen molar-refractivity contribution in [1.82, 2.24) is 9.55 Å². The summed E-state index contributed by atoms with van der Waals surface area (Å²) in [5, 5.41) is 0.524. The van der Waals surface area contributed by atoms with Gasteiger partial charge in [0.05, 0.1) is 17.0 Å². The van der Waals surface area contributed by atoms with E-state index < -0.39 is 0 Å². The van der Waals surface area contributed by atoms with Gasteiger partial charge < -0.3 is 4.57 Å². The van der Waals surface area contributed by atoms with Gasteiger partial charge >= 0.3 is 0 Å². The van der Waals surface area contributed by atoms with Gasteiger partial charge in [0.2, 0.25) is 0 Å². The molecule has 0 saturated carbocycles. The van der Waals surface area contributed by atoms with Gasteiger partial charge in [-0.05, 0) is 50.1 Å². The number of hydrogen-bond acceptors (Lipinski definition) is 2. The van der Waals surface area contributed by atoms with Gasteiger partial charge in [-0.15, -0.1) is 0 Å². The molecule has 3 rings (SSSR count). The van der Waals surface area contributed by atoms with Crippen LogP contribution in [0, 0.1) is 20.8 Å². The van der Waals surface area contributed by atoms with Crippen molar-refractivity contribution in [2.24, 2.45) is 0 Å². The van der Waals surface area contributed by atoms with Gasteiger partial charge in [0.15, 0.2) is 5.78 Å². The van der Waals surface area contributed by atoms with E-state index in [1.807, 2.05) is 55.8 Å². The molecule has 4 heteroatoms. The molecular formula is C19H17ClN2O. The van der Waals surface area contributed by atoms with Crippen LogP contribution in [0.2, 0.25) is 5.02 Å². The molecule has 23 heavy (non-hydrogen) atoms. The van der Waals surface area contributed by atoms with E-state index in [2.05, 4.69) is 4.98 Å². The minimum Gasteiger partial charge on any atom is -0.305 e. The smallest absolute Gasteiger partial charge is 0.193 e. The van der Waals surface area contributed by atoms with Crippen LogP contribution in [0.4, 0.5) is 0 Å². The topological polar surface area (TPSA) is 34.9 Å². The first kappa shape index (κ1) is 15.5. The molecule has 0 amide bonds. The summed E-state index contributed by atoms with van der Waals surface area (Å²) in [5.41, 5.74) is 5.28. The molecule has 1 aromatic heterocycles. The van der Waals surface area contributed by atoms with Crippen molar-refractivity contribution in [1.29, 1.82) is 0 Å². The number of nitrogens with zero attached hydrogens (tertiary/aromatic N) is 2. The first-order chi connectivity index (χ1) is 11.0. The predicted molar refractivity (Wildman–Crippen MR) is 92.7 cm³/mol. The summed E-state index contributed by atoms with van der Waals surface area (Å²) in [4.78, 5) is 16.9. The molecule has 3 nitrogen and oxygen atoms in total. The van der Waals surface area contributed by atoms with Crippen molar-refractivity contribution in [3.05, 3.63) is 81.9 Å². The molecule has 0 atom stereocenters. The molecule has 0 fully saturated rings. The Morgan fingerprint density at radius 1 is 1.09 bits per heavy atom. The first-order valence-electron chi connectivity index (χ1n) is 7.38. The van der Waals surface area contributed by atoms with E-state index in [1.165, 1.54) is 0 Å². The van der Waals surface area contributed by atoms with E-state index >= 15 is 0 Å². The fraction of sp³-hybridized carbons (Fsp3) is 0.158. The van der Waals surface area contributed by atoms with Crippen molar-refractivity contribution in [3.8, 4) is 5.69 Å². The number of ketones is 1. The van der Waals surface area contributed by atoms with E-state index in [1.54, 1.807) is 18.6 Å². The summed E-state index contributed by atoms with van der Waals surface area (Å²) in [6.45, 7) is 5.97. The molecule has 116 valence electrons.